The van der Waals surface area contributed by atoms with Gasteiger partial charge >= 0.3 is 5.97 Å². The molecule has 3 heterocycles. The number of hydrogen-bond acceptors (Lipinski definition) is 7. The molecule has 0 spiro atoms. The third kappa shape index (κ3) is 4.24. The number of nitrogens with zero attached hydrogens (tertiary/aromatic N) is 4. The Bertz CT molecular complexity index is 1360. The molecule has 2 aromatic heterocycles. The minimum atomic E-state index is -0.861. The summed E-state index contributed by atoms with van der Waals surface area (Å²) in [4.78, 5) is 20.7. The van der Waals surface area contributed by atoms with Crippen molar-refractivity contribution in [3.05, 3.63) is 59.3 Å². The highest BCUT2D eigenvalue weighted by Crippen LogP contribution is 2.33. The highest BCUT2D eigenvalue weighted by atomic mass is 16.7. The van der Waals surface area contributed by atoms with E-state index in [1.807, 2.05) is 42.1 Å². The van der Waals surface area contributed by atoms with E-state index in [0.29, 0.717) is 18.2 Å². The fourth-order valence-electron chi connectivity index (χ4n) is 4.08. The predicted molar refractivity (Wildman–Crippen MR) is 127 cm³/mol. The molecule has 1 aliphatic heterocycles. The normalized spacial score (nSPS) is 12.3. The minimum absolute atomic E-state index is 0.0221. The summed E-state index contributed by atoms with van der Waals surface area (Å²) in [5.74, 6) is 1.87. The van der Waals surface area contributed by atoms with Gasteiger partial charge in [-0.3, -0.25) is 9.48 Å². The van der Waals surface area contributed by atoms with Crippen molar-refractivity contribution in [3.63, 3.8) is 0 Å². The van der Waals surface area contributed by atoms with Crippen LogP contribution in [0.5, 0.6) is 11.5 Å². The molecule has 2 N–H and O–H groups in total. The number of anilines is 1. The quantitative estimate of drug-likeness (QED) is 0.407. The maximum Gasteiger partial charge on any atom is 0.307 e. The number of rotatable bonds is 8. The van der Waals surface area contributed by atoms with Crippen LogP contribution in [0.4, 0.5) is 5.82 Å². The number of aromatic nitrogens is 4. The monoisotopic (exact) mass is 459 g/mol. The summed E-state index contributed by atoms with van der Waals surface area (Å²) in [5, 5.41) is 17.2. The average molecular weight is 460 g/mol. The first-order chi connectivity index (χ1) is 16.5. The van der Waals surface area contributed by atoms with Gasteiger partial charge in [-0.25, -0.2) is 9.97 Å². The Morgan fingerprint density at radius 1 is 1.09 bits per heavy atom. The van der Waals surface area contributed by atoms with Gasteiger partial charge in [-0.05, 0) is 29.7 Å². The van der Waals surface area contributed by atoms with Crippen molar-refractivity contribution >= 4 is 22.8 Å². The van der Waals surface area contributed by atoms with Gasteiger partial charge in [0, 0.05) is 19.2 Å². The molecule has 4 aromatic rings. The number of hydrogen-bond donors (Lipinski definition) is 2. The number of ether oxygens (including phenoxy) is 2. The van der Waals surface area contributed by atoms with E-state index >= 15 is 0 Å². The molecule has 2 aromatic carbocycles. The van der Waals surface area contributed by atoms with Crippen molar-refractivity contribution in [1.29, 1.82) is 0 Å². The van der Waals surface area contributed by atoms with Gasteiger partial charge in [-0.2, -0.15) is 5.10 Å². The molecule has 0 saturated heterocycles. The Kier molecular flexibility index (Phi) is 5.75. The van der Waals surface area contributed by atoms with E-state index in [1.54, 1.807) is 12.1 Å². The molecule has 9 heteroatoms. The summed E-state index contributed by atoms with van der Waals surface area (Å²) in [5.41, 5.74) is 5.16. The molecule has 0 aliphatic carbocycles. The molecular weight excluding hydrogens is 434 g/mol. The molecular formula is C25H25N5O4. The predicted octanol–water partition coefficient (Wildman–Crippen LogP) is 3.95. The second-order valence-corrected chi connectivity index (χ2v) is 8.22. The van der Waals surface area contributed by atoms with E-state index in [9.17, 15) is 4.79 Å². The Morgan fingerprint density at radius 3 is 2.62 bits per heavy atom. The van der Waals surface area contributed by atoms with Crippen LogP contribution >= 0.6 is 0 Å². The summed E-state index contributed by atoms with van der Waals surface area (Å²) >= 11 is 0. The van der Waals surface area contributed by atoms with E-state index in [0.717, 1.165) is 57.8 Å². The van der Waals surface area contributed by atoms with Gasteiger partial charge in [0.05, 0.1) is 12.1 Å². The molecule has 0 amide bonds. The van der Waals surface area contributed by atoms with Gasteiger partial charge in [0.1, 0.15) is 11.0 Å². The Balaban J connectivity index is 1.52. The number of carbonyl (C=O) groups is 1. The number of fused-ring (bicyclic) bond motifs is 2. The van der Waals surface area contributed by atoms with Gasteiger partial charge in [-0.1, -0.05) is 43.7 Å². The summed E-state index contributed by atoms with van der Waals surface area (Å²) in [6.07, 6.45) is 1.74. The lowest BCUT2D eigenvalue weighted by Crippen LogP contribution is -2.06. The summed E-state index contributed by atoms with van der Waals surface area (Å²) in [7, 11) is 1.90. The van der Waals surface area contributed by atoms with Crippen molar-refractivity contribution in [2.75, 3.05) is 12.1 Å². The van der Waals surface area contributed by atoms with Gasteiger partial charge in [0.2, 0.25) is 6.79 Å². The Labute approximate surface area is 196 Å². The van der Waals surface area contributed by atoms with E-state index in [4.69, 9.17) is 29.6 Å². The first-order valence-corrected chi connectivity index (χ1v) is 11.2. The number of benzene rings is 2. The van der Waals surface area contributed by atoms with Crippen molar-refractivity contribution in [3.8, 4) is 22.9 Å². The fourth-order valence-corrected chi connectivity index (χ4v) is 4.08. The highest BCUT2D eigenvalue weighted by Gasteiger charge is 2.19. The zero-order valence-electron chi connectivity index (χ0n) is 19.0. The number of carboxylic acids is 1. The lowest BCUT2D eigenvalue weighted by molar-refractivity contribution is -0.136. The molecule has 0 radical (unpaired) electrons. The summed E-state index contributed by atoms with van der Waals surface area (Å²) in [6, 6.07) is 13.2. The van der Waals surface area contributed by atoms with Crippen molar-refractivity contribution in [2.45, 2.75) is 32.7 Å². The Morgan fingerprint density at radius 2 is 1.85 bits per heavy atom. The molecule has 5 rings (SSSR count). The molecule has 0 bridgehead atoms. The van der Waals surface area contributed by atoms with E-state index in [-0.39, 0.29) is 13.2 Å². The smallest absolute Gasteiger partial charge is 0.307 e. The maximum atomic E-state index is 11.0. The van der Waals surface area contributed by atoms with Crippen LogP contribution in [0.3, 0.4) is 0 Å². The van der Waals surface area contributed by atoms with Crippen LogP contribution in [0.2, 0.25) is 0 Å². The standard InChI is InChI=1S/C25H25N5O4/c1-3-4-18-22-23(30(2)29-18)25(26-13-16-7-10-19-20(11-16)34-14-33-19)28-24(27-22)17-8-5-15(6-9-17)12-21(31)32/h5-11H,3-4,12-14H2,1-2H3,(H,31,32)(H,26,27,28). The third-order valence-corrected chi connectivity index (χ3v) is 5.70. The number of carboxylic acid groups (broad SMARTS) is 1. The first kappa shape index (κ1) is 21.7. The average Bonchev–Trinajstić information content (AvgIpc) is 3.42. The Hall–Kier alpha value is -4.14. The molecule has 34 heavy (non-hydrogen) atoms. The molecule has 0 unspecified atom stereocenters. The largest absolute Gasteiger partial charge is 0.481 e. The van der Waals surface area contributed by atoms with Crippen molar-refractivity contribution in [2.24, 2.45) is 7.05 Å². The molecule has 0 saturated carbocycles. The second-order valence-electron chi connectivity index (χ2n) is 8.22. The number of aliphatic carboxylic acids is 1. The van der Waals surface area contributed by atoms with Crippen LogP contribution < -0.4 is 14.8 Å². The van der Waals surface area contributed by atoms with E-state index < -0.39 is 5.97 Å². The van der Waals surface area contributed by atoms with Crippen LogP contribution in [-0.4, -0.2) is 37.6 Å². The summed E-state index contributed by atoms with van der Waals surface area (Å²) in [6.45, 7) is 2.89. The van der Waals surface area contributed by atoms with Gasteiger partial charge in [-0.15, -0.1) is 0 Å². The van der Waals surface area contributed by atoms with E-state index in [1.165, 1.54) is 0 Å². The van der Waals surface area contributed by atoms with Crippen molar-refractivity contribution < 1.29 is 19.4 Å². The molecule has 1 aliphatic rings. The molecule has 9 nitrogen and oxygen atoms in total. The molecule has 174 valence electrons. The van der Waals surface area contributed by atoms with Gasteiger partial charge in [0.15, 0.2) is 23.1 Å². The summed E-state index contributed by atoms with van der Waals surface area (Å²) < 4.78 is 12.7. The third-order valence-electron chi connectivity index (χ3n) is 5.70. The maximum absolute atomic E-state index is 11.0. The van der Waals surface area contributed by atoms with Crippen LogP contribution in [0, 0.1) is 0 Å². The van der Waals surface area contributed by atoms with Crippen LogP contribution in [0.1, 0.15) is 30.2 Å². The highest BCUT2D eigenvalue weighted by molar-refractivity contribution is 5.89. The zero-order valence-corrected chi connectivity index (χ0v) is 19.0. The molecule has 0 atom stereocenters. The fraction of sp³-hybridized carbons (Fsp3) is 0.280. The first-order valence-electron chi connectivity index (χ1n) is 11.2. The van der Waals surface area contributed by atoms with Crippen LogP contribution in [0.25, 0.3) is 22.4 Å². The zero-order chi connectivity index (χ0) is 23.7. The lowest BCUT2D eigenvalue weighted by Gasteiger charge is -2.11. The second kappa shape index (κ2) is 9.01. The number of nitrogens with one attached hydrogen (secondary N) is 1. The van der Waals surface area contributed by atoms with Gasteiger partial charge in [0.25, 0.3) is 0 Å². The minimum Gasteiger partial charge on any atom is -0.481 e. The number of aryl methyl sites for hydroxylation is 2. The van der Waals surface area contributed by atoms with E-state index in [2.05, 4.69) is 12.2 Å². The van der Waals surface area contributed by atoms with Crippen LogP contribution in [0.15, 0.2) is 42.5 Å². The SMILES string of the molecule is CCCc1nn(C)c2c(NCc3ccc4c(c3)OCO4)nc(-c3ccc(CC(=O)O)cc3)nc12. The molecule has 0 fully saturated rings. The van der Waals surface area contributed by atoms with Crippen molar-refractivity contribution in [1.82, 2.24) is 19.7 Å². The van der Waals surface area contributed by atoms with Crippen LogP contribution in [-0.2, 0) is 31.2 Å². The van der Waals surface area contributed by atoms with Gasteiger partial charge < -0.3 is 19.9 Å². The lowest BCUT2D eigenvalue weighted by atomic mass is 10.1. The topological polar surface area (TPSA) is 111 Å².